The van der Waals surface area contributed by atoms with Crippen molar-refractivity contribution in [3.63, 3.8) is 0 Å². The third kappa shape index (κ3) is 2.43. The maximum atomic E-state index is 12.3. The normalized spacial score (nSPS) is 10.5. The molecule has 6 heteroatoms. The van der Waals surface area contributed by atoms with Gasteiger partial charge in [0.15, 0.2) is 6.29 Å². The Balaban J connectivity index is 3.38. The van der Waals surface area contributed by atoms with Gasteiger partial charge in [0.1, 0.15) is 9.39 Å². The van der Waals surface area contributed by atoms with Crippen molar-refractivity contribution in [1.82, 2.24) is 4.98 Å². The van der Waals surface area contributed by atoms with E-state index in [-0.39, 0.29) is 5.56 Å². The van der Waals surface area contributed by atoms with Crippen LogP contribution in [0.1, 0.15) is 22.5 Å². The van der Waals surface area contributed by atoms with E-state index in [1.54, 1.807) is 0 Å². The molecule has 0 aliphatic heterocycles. The minimum absolute atomic E-state index is 0.0876. The van der Waals surface area contributed by atoms with Crippen molar-refractivity contribution in [3.8, 4) is 0 Å². The lowest BCUT2D eigenvalue weighted by atomic mass is 10.2. The minimum Gasteiger partial charge on any atom is -0.298 e. The summed E-state index contributed by atoms with van der Waals surface area (Å²) in [6.45, 7) is 0. The molecule has 2 nitrogen and oxygen atoms in total. The van der Waals surface area contributed by atoms with Crippen molar-refractivity contribution in [2.75, 3.05) is 0 Å². The first-order chi connectivity index (χ1) is 6.06. The largest absolute Gasteiger partial charge is 0.298 e. The van der Waals surface area contributed by atoms with Gasteiger partial charge in [-0.2, -0.15) is 0 Å². The summed E-state index contributed by atoms with van der Waals surface area (Å²) < 4.78 is 25.4. The van der Waals surface area contributed by atoms with Crippen LogP contribution in [0.4, 0.5) is 8.78 Å². The first-order valence-corrected chi connectivity index (χ1v) is 5.02. The van der Waals surface area contributed by atoms with E-state index in [9.17, 15) is 13.6 Å². The lowest BCUT2D eigenvalue weighted by Crippen LogP contribution is -2.00. The Labute approximate surface area is 95.0 Å². The van der Waals surface area contributed by atoms with Crippen LogP contribution in [0.15, 0.2) is 10.5 Å². The number of nitrogens with zero attached hydrogens (tertiary/aromatic N) is 1. The van der Waals surface area contributed by atoms with Crippen LogP contribution in [0.25, 0.3) is 0 Å². The van der Waals surface area contributed by atoms with Crippen LogP contribution < -0.4 is 0 Å². The number of pyridine rings is 1. The zero-order valence-electron chi connectivity index (χ0n) is 6.10. The Bertz CT molecular complexity index is 346. The molecule has 0 saturated carbocycles. The number of rotatable bonds is 2. The van der Waals surface area contributed by atoms with E-state index in [4.69, 9.17) is 0 Å². The Hall–Kier alpha value is -0.110. The zero-order chi connectivity index (χ0) is 10.0. The van der Waals surface area contributed by atoms with Crippen molar-refractivity contribution >= 4 is 44.8 Å². The molecule has 1 aromatic rings. The summed E-state index contributed by atoms with van der Waals surface area (Å²) >= 11 is 4.82. The van der Waals surface area contributed by atoms with Crippen LogP contribution in [0.5, 0.6) is 0 Å². The highest BCUT2D eigenvalue weighted by atomic mass is 127. The number of hydrogen-bond acceptors (Lipinski definition) is 2. The molecule has 0 atom stereocenters. The fourth-order valence-electron chi connectivity index (χ4n) is 0.795. The number of hydrogen-bond donors (Lipinski definition) is 0. The molecule has 0 radical (unpaired) electrons. The number of aldehydes is 1. The number of halogens is 4. The monoisotopic (exact) mass is 361 g/mol. The highest BCUT2D eigenvalue weighted by Crippen LogP contribution is 2.26. The Morgan fingerprint density at radius 2 is 2.23 bits per heavy atom. The van der Waals surface area contributed by atoms with Gasteiger partial charge >= 0.3 is 0 Å². The summed E-state index contributed by atoms with van der Waals surface area (Å²) in [4.78, 5) is 14.0. The predicted molar refractivity (Wildman–Crippen MR) is 55.0 cm³/mol. The maximum Gasteiger partial charge on any atom is 0.281 e. The molecule has 1 rings (SSSR count). The zero-order valence-corrected chi connectivity index (χ0v) is 9.84. The highest BCUT2D eigenvalue weighted by molar-refractivity contribution is 14.1. The standard InChI is InChI=1S/C7H3BrF2INO/c8-4-1-5(11)12-6(7(9)10)3(4)2-13/h1-2,7H. The second kappa shape index (κ2) is 4.41. The molecule has 0 aliphatic rings. The smallest absolute Gasteiger partial charge is 0.281 e. The van der Waals surface area contributed by atoms with Gasteiger partial charge in [-0.25, -0.2) is 13.8 Å². The van der Waals surface area contributed by atoms with Gasteiger partial charge in [-0.05, 0) is 44.6 Å². The van der Waals surface area contributed by atoms with Crippen molar-refractivity contribution in [3.05, 3.63) is 25.5 Å². The molecule has 0 N–H and O–H groups in total. The van der Waals surface area contributed by atoms with Gasteiger partial charge in [0.25, 0.3) is 6.43 Å². The summed E-state index contributed by atoms with van der Waals surface area (Å²) in [5.74, 6) is 0. The van der Waals surface area contributed by atoms with Crippen molar-refractivity contribution in [2.45, 2.75) is 6.43 Å². The van der Waals surface area contributed by atoms with Gasteiger partial charge in [-0.15, -0.1) is 0 Å². The van der Waals surface area contributed by atoms with Crippen molar-refractivity contribution in [1.29, 1.82) is 0 Å². The molecule has 0 saturated heterocycles. The van der Waals surface area contributed by atoms with Crippen LogP contribution in [0.3, 0.4) is 0 Å². The Morgan fingerprint density at radius 3 is 2.69 bits per heavy atom. The summed E-state index contributed by atoms with van der Waals surface area (Å²) in [6, 6.07) is 1.51. The molecule has 0 unspecified atom stereocenters. The molecule has 0 amide bonds. The molecular formula is C7H3BrF2INO. The summed E-state index contributed by atoms with van der Waals surface area (Å²) in [6.07, 6.45) is -2.36. The van der Waals surface area contributed by atoms with E-state index in [1.165, 1.54) is 6.07 Å². The van der Waals surface area contributed by atoms with Crippen molar-refractivity contribution < 1.29 is 13.6 Å². The van der Waals surface area contributed by atoms with E-state index in [1.807, 2.05) is 22.6 Å². The topological polar surface area (TPSA) is 30.0 Å². The van der Waals surface area contributed by atoms with E-state index < -0.39 is 12.1 Å². The molecular weight excluding hydrogens is 359 g/mol. The predicted octanol–water partition coefficient (Wildman–Crippen LogP) is 3.20. The Morgan fingerprint density at radius 1 is 1.62 bits per heavy atom. The first-order valence-electron chi connectivity index (χ1n) is 3.15. The molecule has 13 heavy (non-hydrogen) atoms. The van der Waals surface area contributed by atoms with Gasteiger partial charge in [0, 0.05) is 4.47 Å². The second-order valence-corrected chi connectivity index (χ2v) is 4.10. The van der Waals surface area contributed by atoms with Crippen LogP contribution >= 0.6 is 38.5 Å². The van der Waals surface area contributed by atoms with Crippen LogP contribution in [0, 0.1) is 3.70 Å². The second-order valence-electron chi connectivity index (χ2n) is 2.14. The highest BCUT2D eigenvalue weighted by Gasteiger charge is 2.17. The average molecular weight is 362 g/mol. The fraction of sp³-hybridized carbons (Fsp3) is 0.143. The van der Waals surface area contributed by atoms with Crippen LogP contribution in [-0.2, 0) is 0 Å². The van der Waals surface area contributed by atoms with Gasteiger partial charge in [-0.1, -0.05) is 0 Å². The van der Waals surface area contributed by atoms with Crippen molar-refractivity contribution in [2.24, 2.45) is 0 Å². The average Bonchev–Trinajstić information content (AvgIpc) is 2.02. The van der Waals surface area contributed by atoms with Gasteiger partial charge < -0.3 is 0 Å². The number of aromatic nitrogens is 1. The molecule has 1 heterocycles. The maximum absolute atomic E-state index is 12.3. The summed E-state index contributed by atoms with van der Waals surface area (Å²) in [5, 5.41) is 0. The molecule has 0 bridgehead atoms. The lowest BCUT2D eigenvalue weighted by molar-refractivity contribution is 0.110. The lowest BCUT2D eigenvalue weighted by Gasteiger charge is -2.04. The van der Waals surface area contributed by atoms with Crippen LogP contribution in [0.2, 0.25) is 0 Å². The van der Waals surface area contributed by atoms with E-state index in [0.29, 0.717) is 14.5 Å². The van der Waals surface area contributed by atoms with E-state index in [0.717, 1.165) is 0 Å². The minimum atomic E-state index is -2.73. The van der Waals surface area contributed by atoms with Gasteiger partial charge in [-0.3, -0.25) is 4.79 Å². The molecule has 1 aromatic heterocycles. The summed E-state index contributed by atoms with van der Waals surface area (Å²) in [7, 11) is 0. The third-order valence-electron chi connectivity index (χ3n) is 1.33. The number of alkyl halides is 2. The molecule has 70 valence electrons. The quantitative estimate of drug-likeness (QED) is 0.460. The summed E-state index contributed by atoms with van der Waals surface area (Å²) in [5.41, 5.74) is -0.566. The molecule has 0 spiro atoms. The molecule has 0 aliphatic carbocycles. The first kappa shape index (κ1) is 11.0. The van der Waals surface area contributed by atoms with E-state index >= 15 is 0 Å². The van der Waals surface area contributed by atoms with Gasteiger partial charge in [0.05, 0.1) is 5.56 Å². The third-order valence-corrected chi connectivity index (χ3v) is 2.54. The Kier molecular flexibility index (Phi) is 3.72. The van der Waals surface area contributed by atoms with Gasteiger partial charge in [0.2, 0.25) is 0 Å². The van der Waals surface area contributed by atoms with Crippen LogP contribution in [-0.4, -0.2) is 11.3 Å². The SMILES string of the molecule is O=Cc1c(Br)cc(I)nc1C(F)F. The number of carbonyl (C=O) groups excluding carboxylic acids is 1. The molecule has 0 fully saturated rings. The molecule has 0 aromatic carbocycles. The number of carbonyl (C=O) groups is 1. The fourth-order valence-corrected chi connectivity index (χ4v) is 2.31. The van der Waals surface area contributed by atoms with E-state index in [2.05, 4.69) is 20.9 Å².